The highest BCUT2D eigenvalue weighted by molar-refractivity contribution is 5.80. The Morgan fingerprint density at radius 1 is 1.44 bits per heavy atom. The minimum absolute atomic E-state index is 0.0625. The molecule has 0 spiro atoms. The Bertz CT molecular complexity index is 397. The van der Waals surface area contributed by atoms with E-state index >= 15 is 0 Å². The summed E-state index contributed by atoms with van der Waals surface area (Å²) in [6.07, 6.45) is 0.765. The number of ether oxygens (including phenoxy) is 1. The van der Waals surface area contributed by atoms with E-state index in [4.69, 9.17) is 4.74 Å². The zero-order chi connectivity index (χ0) is 13.4. The van der Waals surface area contributed by atoms with E-state index in [9.17, 15) is 9.18 Å². The second-order valence-corrected chi connectivity index (χ2v) is 4.03. The Hall–Kier alpha value is -1.62. The van der Waals surface area contributed by atoms with Crippen LogP contribution in [0.15, 0.2) is 18.2 Å². The first kappa shape index (κ1) is 14.4. The molecular weight excluding hydrogens is 235 g/mol. The second kappa shape index (κ2) is 7.66. The van der Waals surface area contributed by atoms with Gasteiger partial charge in [0, 0.05) is 20.3 Å². The molecule has 1 amide bonds. The Kier molecular flexibility index (Phi) is 6.14. The van der Waals surface area contributed by atoms with Crippen LogP contribution in [-0.4, -0.2) is 32.7 Å². The average Bonchev–Trinajstić information content (AvgIpc) is 2.33. The molecule has 0 aliphatic carbocycles. The zero-order valence-corrected chi connectivity index (χ0v) is 10.8. The van der Waals surface area contributed by atoms with Crippen LogP contribution < -0.4 is 10.6 Å². The van der Waals surface area contributed by atoms with Gasteiger partial charge >= 0.3 is 0 Å². The van der Waals surface area contributed by atoms with Gasteiger partial charge in [0.15, 0.2) is 0 Å². The number of carbonyl (C=O) groups is 1. The maximum atomic E-state index is 13.4. The first-order chi connectivity index (χ1) is 8.63. The quantitative estimate of drug-likeness (QED) is 0.728. The van der Waals surface area contributed by atoms with Gasteiger partial charge in [0.05, 0.1) is 12.2 Å². The van der Waals surface area contributed by atoms with E-state index in [0.29, 0.717) is 18.8 Å². The van der Waals surface area contributed by atoms with E-state index in [1.54, 1.807) is 19.2 Å². The molecule has 0 unspecified atom stereocenters. The molecule has 5 heteroatoms. The van der Waals surface area contributed by atoms with Crippen LogP contribution in [0.2, 0.25) is 0 Å². The van der Waals surface area contributed by atoms with Gasteiger partial charge in [0.25, 0.3) is 0 Å². The number of aryl methyl sites for hydroxylation is 1. The molecule has 2 N–H and O–H groups in total. The van der Waals surface area contributed by atoms with Crippen molar-refractivity contribution < 1.29 is 13.9 Å². The third-order valence-corrected chi connectivity index (χ3v) is 2.41. The van der Waals surface area contributed by atoms with Crippen molar-refractivity contribution >= 4 is 11.6 Å². The number of methoxy groups -OCH3 is 1. The fraction of sp³-hybridized carbons (Fsp3) is 0.462. The average molecular weight is 254 g/mol. The summed E-state index contributed by atoms with van der Waals surface area (Å²) in [5.74, 6) is -0.506. The summed E-state index contributed by atoms with van der Waals surface area (Å²) < 4.78 is 18.3. The molecule has 0 heterocycles. The van der Waals surface area contributed by atoms with Crippen LogP contribution in [0.4, 0.5) is 10.1 Å². The lowest BCUT2D eigenvalue weighted by atomic mass is 10.2. The Morgan fingerprint density at radius 3 is 2.89 bits per heavy atom. The number of rotatable bonds is 7. The lowest BCUT2D eigenvalue weighted by Gasteiger charge is -2.08. The third-order valence-electron chi connectivity index (χ3n) is 2.41. The molecule has 1 aromatic rings. The van der Waals surface area contributed by atoms with Gasteiger partial charge in [-0.25, -0.2) is 4.39 Å². The van der Waals surface area contributed by atoms with Crippen LogP contribution in [-0.2, 0) is 9.53 Å². The predicted octanol–water partition coefficient (Wildman–Crippen LogP) is 1.70. The highest BCUT2D eigenvalue weighted by Gasteiger charge is 2.04. The van der Waals surface area contributed by atoms with Crippen molar-refractivity contribution in [3.05, 3.63) is 29.6 Å². The normalized spacial score (nSPS) is 10.2. The number of carbonyl (C=O) groups excluding carboxylic acids is 1. The number of nitrogens with one attached hydrogen (secondary N) is 2. The molecule has 18 heavy (non-hydrogen) atoms. The molecule has 1 rings (SSSR count). The van der Waals surface area contributed by atoms with Gasteiger partial charge in [-0.1, -0.05) is 6.07 Å². The molecule has 0 aliphatic rings. The van der Waals surface area contributed by atoms with Gasteiger partial charge in [0.1, 0.15) is 5.82 Å². The minimum atomic E-state index is -0.345. The summed E-state index contributed by atoms with van der Waals surface area (Å²) in [7, 11) is 1.61. The summed E-state index contributed by atoms with van der Waals surface area (Å²) in [5, 5.41) is 5.48. The Balaban J connectivity index is 2.29. The molecule has 0 fully saturated rings. The van der Waals surface area contributed by atoms with Crippen LogP contribution in [0.3, 0.4) is 0 Å². The molecule has 0 bridgehead atoms. The van der Waals surface area contributed by atoms with Crippen molar-refractivity contribution in [2.75, 3.05) is 32.1 Å². The number of anilines is 1. The summed E-state index contributed by atoms with van der Waals surface area (Å²) in [6.45, 7) is 3.05. The van der Waals surface area contributed by atoms with Gasteiger partial charge in [-0.3, -0.25) is 4.79 Å². The van der Waals surface area contributed by atoms with E-state index in [2.05, 4.69) is 10.6 Å². The minimum Gasteiger partial charge on any atom is -0.385 e. The monoisotopic (exact) mass is 254 g/mol. The molecule has 4 nitrogen and oxygen atoms in total. The summed E-state index contributed by atoms with van der Waals surface area (Å²) in [5.41, 5.74) is 1.19. The standard InChI is InChI=1S/C13H19FN2O2/c1-10-4-5-12(11(14)8-10)16-9-13(17)15-6-3-7-18-2/h4-5,8,16H,3,6-7,9H2,1-2H3,(H,15,17). The molecule has 1 aromatic carbocycles. The smallest absolute Gasteiger partial charge is 0.239 e. The first-order valence-electron chi connectivity index (χ1n) is 5.89. The highest BCUT2D eigenvalue weighted by atomic mass is 19.1. The number of hydrogen-bond donors (Lipinski definition) is 2. The van der Waals surface area contributed by atoms with Crippen molar-refractivity contribution in [3.8, 4) is 0 Å². The van der Waals surface area contributed by atoms with Crippen LogP contribution in [0, 0.1) is 12.7 Å². The number of benzene rings is 1. The van der Waals surface area contributed by atoms with Crippen molar-refractivity contribution in [1.82, 2.24) is 5.32 Å². The fourth-order valence-electron chi connectivity index (χ4n) is 1.45. The molecular formula is C13H19FN2O2. The van der Waals surface area contributed by atoms with Gasteiger partial charge in [-0.2, -0.15) is 0 Å². The van der Waals surface area contributed by atoms with E-state index in [1.165, 1.54) is 6.07 Å². The van der Waals surface area contributed by atoms with Gasteiger partial charge in [-0.05, 0) is 31.0 Å². The topological polar surface area (TPSA) is 50.4 Å². The summed E-state index contributed by atoms with van der Waals surface area (Å²) in [6, 6.07) is 4.85. The molecule has 0 aliphatic heterocycles. The van der Waals surface area contributed by atoms with E-state index < -0.39 is 0 Å². The summed E-state index contributed by atoms with van der Waals surface area (Å²) >= 11 is 0. The Labute approximate surface area is 107 Å². The Morgan fingerprint density at radius 2 is 2.22 bits per heavy atom. The molecule has 100 valence electrons. The van der Waals surface area contributed by atoms with Crippen LogP contribution in [0.1, 0.15) is 12.0 Å². The van der Waals surface area contributed by atoms with E-state index in [0.717, 1.165) is 12.0 Å². The van der Waals surface area contributed by atoms with Crippen molar-refractivity contribution in [1.29, 1.82) is 0 Å². The molecule has 0 saturated heterocycles. The van der Waals surface area contributed by atoms with Crippen molar-refractivity contribution in [3.63, 3.8) is 0 Å². The van der Waals surface area contributed by atoms with Gasteiger partial charge in [0.2, 0.25) is 5.91 Å². The fourth-order valence-corrected chi connectivity index (χ4v) is 1.45. The largest absolute Gasteiger partial charge is 0.385 e. The lowest BCUT2D eigenvalue weighted by Crippen LogP contribution is -2.31. The van der Waals surface area contributed by atoms with Crippen LogP contribution in [0.5, 0.6) is 0 Å². The number of hydrogen-bond acceptors (Lipinski definition) is 3. The zero-order valence-electron chi connectivity index (χ0n) is 10.8. The van der Waals surface area contributed by atoms with E-state index in [-0.39, 0.29) is 18.3 Å². The molecule has 0 radical (unpaired) electrons. The van der Waals surface area contributed by atoms with Crippen LogP contribution >= 0.6 is 0 Å². The number of halogens is 1. The maximum Gasteiger partial charge on any atom is 0.239 e. The van der Waals surface area contributed by atoms with Crippen molar-refractivity contribution in [2.45, 2.75) is 13.3 Å². The molecule has 0 atom stereocenters. The third kappa shape index (κ3) is 5.14. The van der Waals surface area contributed by atoms with Gasteiger partial charge < -0.3 is 15.4 Å². The maximum absolute atomic E-state index is 13.4. The van der Waals surface area contributed by atoms with E-state index in [1.807, 2.05) is 6.92 Å². The predicted molar refractivity (Wildman–Crippen MR) is 69.1 cm³/mol. The van der Waals surface area contributed by atoms with Gasteiger partial charge in [-0.15, -0.1) is 0 Å². The van der Waals surface area contributed by atoms with Crippen LogP contribution in [0.25, 0.3) is 0 Å². The summed E-state index contributed by atoms with van der Waals surface area (Å²) in [4.78, 5) is 11.4. The SMILES string of the molecule is COCCCNC(=O)CNc1ccc(C)cc1F. The first-order valence-corrected chi connectivity index (χ1v) is 5.89. The number of amides is 1. The second-order valence-electron chi connectivity index (χ2n) is 4.03. The molecule has 0 aromatic heterocycles. The molecule has 0 saturated carbocycles. The van der Waals surface area contributed by atoms with Crippen molar-refractivity contribution in [2.24, 2.45) is 0 Å². The lowest BCUT2D eigenvalue weighted by molar-refractivity contribution is -0.119. The highest BCUT2D eigenvalue weighted by Crippen LogP contribution is 2.14.